The first-order valence-corrected chi connectivity index (χ1v) is 14.1. The summed E-state index contributed by atoms with van der Waals surface area (Å²) in [6, 6.07) is 48.3. The standard InChI is InChI=1S/C38H23N3O/c1-2-11-24(12-3-1)38-39-31-17-7-4-15-28(31)37(40-38)30-16-10-20-34-36(30)29-22-21-25(23-35(29)42-34)41-32-18-8-5-13-26(32)27-14-6-9-19-33(27)41/h1-23H. The van der Waals surface area contributed by atoms with E-state index in [9.17, 15) is 0 Å². The maximum atomic E-state index is 6.55. The van der Waals surface area contributed by atoms with Gasteiger partial charge in [-0.25, -0.2) is 9.97 Å². The summed E-state index contributed by atoms with van der Waals surface area (Å²) in [6.07, 6.45) is 0. The molecule has 0 unspecified atom stereocenters. The number of hydrogen-bond acceptors (Lipinski definition) is 3. The predicted molar refractivity (Wildman–Crippen MR) is 172 cm³/mol. The Labute approximate surface area is 241 Å². The van der Waals surface area contributed by atoms with Crippen molar-refractivity contribution < 1.29 is 4.42 Å². The van der Waals surface area contributed by atoms with Crippen molar-refractivity contribution in [3.63, 3.8) is 0 Å². The summed E-state index contributed by atoms with van der Waals surface area (Å²) in [5.74, 6) is 0.711. The second-order valence-corrected chi connectivity index (χ2v) is 10.6. The van der Waals surface area contributed by atoms with Crippen molar-refractivity contribution in [2.24, 2.45) is 0 Å². The Bertz CT molecular complexity index is 2420. The van der Waals surface area contributed by atoms with Gasteiger partial charge in [-0.15, -0.1) is 0 Å². The van der Waals surface area contributed by atoms with Crippen LogP contribution in [0.5, 0.6) is 0 Å². The van der Waals surface area contributed by atoms with Crippen molar-refractivity contribution in [1.82, 2.24) is 14.5 Å². The van der Waals surface area contributed by atoms with E-state index < -0.39 is 0 Å². The van der Waals surface area contributed by atoms with Crippen molar-refractivity contribution >= 4 is 54.6 Å². The highest BCUT2D eigenvalue weighted by atomic mass is 16.3. The van der Waals surface area contributed by atoms with Crippen molar-refractivity contribution in [1.29, 1.82) is 0 Å². The van der Waals surface area contributed by atoms with Gasteiger partial charge in [0.1, 0.15) is 11.2 Å². The van der Waals surface area contributed by atoms with E-state index in [1.54, 1.807) is 0 Å². The van der Waals surface area contributed by atoms with Crippen LogP contribution < -0.4 is 0 Å². The number of aromatic nitrogens is 3. The van der Waals surface area contributed by atoms with E-state index in [-0.39, 0.29) is 0 Å². The highest BCUT2D eigenvalue weighted by molar-refractivity contribution is 6.15. The number of benzene rings is 6. The van der Waals surface area contributed by atoms with Crippen LogP contribution in [0.2, 0.25) is 0 Å². The molecule has 0 fully saturated rings. The van der Waals surface area contributed by atoms with Crippen LogP contribution in [0.4, 0.5) is 0 Å². The molecule has 0 bridgehead atoms. The summed E-state index contributed by atoms with van der Waals surface area (Å²) in [7, 11) is 0. The molecule has 0 atom stereocenters. The number of rotatable bonds is 3. The SMILES string of the molecule is c1ccc(-c2nc(-c3cccc4oc5cc(-n6c7ccccc7c7ccccc76)ccc5c34)c3ccccc3n2)cc1. The Morgan fingerprint density at radius 1 is 0.500 bits per heavy atom. The van der Waals surface area contributed by atoms with Gasteiger partial charge < -0.3 is 8.98 Å². The lowest BCUT2D eigenvalue weighted by Crippen LogP contribution is -1.95. The van der Waals surface area contributed by atoms with E-state index in [0.717, 1.165) is 55.3 Å². The summed E-state index contributed by atoms with van der Waals surface area (Å²) in [4.78, 5) is 10.1. The van der Waals surface area contributed by atoms with Gasteiger partial charge in [-0.3, -0.25) is 0 Å². The highest BCUT2D eigenvalue weighted by Crippen LogP contribution is 2.40. The average Bonchev–Trinajstić information content (AvgIpc) is 3.60. The molecule has 9 aromatic rings. The van der Waals surface area contributed by atoms with Crippen LogP contribution in [-0.4, -0.2) is 14.5 Å². The molecule has 0 aliphatic rings. The molecule has 3 aromatic heterocycles. The van der Waals surface area contributed by atoms with Gasteiger partial charge in [0.2, 0.25) is 0 Å². The Kier molecular flexibility index (Phi) is 4.87. The quantitative estimate of drug-likeness (QED) is 0.225. The van der Waals surface area contributed by atoms with Crippen LogP contribution >= 0.6 is 0 Å². The lowest BCUT2D eigenvalue weighted by atomic mass is 10.00. The number of fused-ring (bicyclic) bond motifs is 7. The monoisotopic (exact) mass is 537 g/mol. The van der Waals surface area contributed by atoms with Gasteiger partial charge in [0.15, 0.2) is 5.82 Å². The van der Waals surface area contributed by atoms with Crippen LogP contribution in [-0.2, 0) is 0 Å². The van der Waals surface area contributed by atoms with Crippen molar-refractivity contribution in [3.05, 3.63) is 140 Å². The maximum Gasteiger partial charge on any atom is 0.160 e. The molecule has 0 aliphatic carbocycles. The molecule has 0 N–H and O–H groups in total. The average molecular weight is 538 g/mol. The molecule has 3 heterocycles. The zero-order chi connectivity index (χ0) is 27.6. The molecule has 0 spiro atoms. The zero-order valence-electron chi connectivity index (χ0n) is 22.5. The van der Waals surface area contributed by atoms with Crippen molar-refractivity contribution in [2.75, 3.05) is 0 Å². The first-order valence-electron chi connectivity index (χ1n) is 14.1. The fraction of sp³-hybridized carbons (Fsp3) is 0. The second-order valence-electron chi connectivity index (χ2n) is 10.6. The number of nitrogens with zero attached hydrogens (tertiary/aromatic N) is 3. The molecule has 0 radical (unpaired) electrons. The van der Waals surface area contributed by atoms with Crippen molar-refractivity contribution in [2.45, 2.75) is 0 Å². The van der Waals surface area contributed by atoms with Gasteiger partial charge in [-0.1, -0.05) is 97.1 Å². The summed E-state index contributed by atoms with van der Waals surface area (Å²) >= 11 is 0. The van der Waals surface area contributed by atoms with Crippen LogP contribution in [0.15, 0.2) is 144 Å². The molecule has 42 heavy (non-hydrogen) atoms. The van der Waals surface area contributed by atoms with Gasteiger partial charge in [-0.05, 0) is 36.4 Å². The third-order valence-electron chi connectivity index (χ3n) is 8.21. The first-order chi connectivity index (χ1) is 20.8. The minimum Gasteiger partial charge on any atom is -0.456 e. The molecule has 196 valence electrons. The summed E-state index contributed by atoms with van der Waals surface area (Å²) < 4.78 is 8.87. The summed E-state index contributed by atoms with van der Waals surface area (Å²) in [5, 5.41) is 5.62. The van der Waals surface area contributed by atoms with Crippen molar-refractivity contribution in [3.8, 4) is 28.3 Å². The first kappa shape index (κ1) is 23.0. The van der Waals surface area contributed by atoms with Crippen LogP contribution in [0.1, 0.15) is 0 Å². The van der Waals surface area contributed by atoms with E-state index >= 15 is 0 Å². The molecule has 4 nitrogen and oxygen atoms in total. The Morgan fingerprint density at radius 2 is 1.19 bits per heavy atom. The molecular formula is C38H23N3O. The highest BCUT2D eigenvalue weighted by Gasteiger charge is 2.19. The lowest BCUT2D eigenvalue weighted by molar-refractivity contribution is 0.668. The molecule has 9 rings (SSSR count). The minimum atomic E-state index is 0.711. The molecule has 0 aliphatic heterocycles. The topological polar surface area (TPSA) is 43.9 Å². The molecule has 6 aromatic carbocycles. The van der Waals surface area contributed by atoms with E-state index in [0.29, 0.717) is 5.82 Å². The van der Waals surface area contributed by atoms with E-state index in [1.165, 1.54) is 21.8 Å². The lowest BCUT2D eigenvalue weighted by Gasteiger charge is -2.10. The van der Waals surface area contributed by atoms with Gasteiger partial charge >= 0.3 is 0 Å². The molecular weight excluding hydrogens is 514 g/mol. The van der Waals surface area contributed by atoms with Gasteiger partial charge in [-0.2, -0.15) is 0 Å². The van der Waals surface area contributed by atoms with Gasteiger partial charge in [0, 0.05) is 49.8 Å². The smallest absolute Gasteiger partial charge is 0.160 e. The fourth-order valence-electron chi connectivity index (χ4n) is 6.35. The zero-order valence-corrected chi connectivity index (χ0v) is 22.5. The number of para-hydroxylation sites is 3. The largest absolute Gasteiger partial charge is 0.456 e. The Hall–Kier alpha value is -5.74. The predicted octanol–water partition coefficient (Wildman–Crippen LogP) is 9.96. The van der Waals surface area contributed by atoms with E-state index in [2.05, 4.69) is 102 Å². The van der Waals surface area contributed by atoms with Gasteiger partial charge in [0.05, 0.1) is 22.2 Å². The van der Waals surface area contributed by atoms with E-state index in [4.69, 9.17) is 14.4 Å². The summed E-state index contributed by atoms with van der Waals surface area (Å²) in [5.41, 5.74) is 8.95. The number of furan rings is 1. The Morgan fingerprint density at radius 3 is 1.98 bits per heavy atom. The Balaban J connectivity index is 1.30. The van der Waals surface area contributed by atoms with Crippen LogP contribution in [0.3, 0.4) is 0 Å². The maximum absolute atomic E-state index is 6.55. The minimum absolute atomic E-state index is 0.711. The second kappa shape index (κ2) is 8.88. The number of hydrogen-bond donors (Lipinski definition) is 0. The fourth-order valence-corrected chi connectivity index (χ4v) is 6.35. The molecule has 4 heteroatoms. The van der Waals surface area contributed by atoms with Crippen LogP contribution in [0.25, 0.3) is 83.0 Å². The molecule has 0 saturated heterocycles. The third-order valence-corrected chi connectivity index (χ3v) is 8.21. The van der Waals surface area contributed by atoms with Gasteiger partial charge in [0.25, 0.3) is 0 Å². The summed E-state index contributed by atoms with van der Waals surface area (Å²) in [6.45, 7) is 0. The normalized spacial score (nSPS) is 11.8. The third kappa shape index (κ3) is 3.36. The molecule has 0 saturated carbocycles. The molecule has 0 amide bonds. The van der Waals surface area contributed by atoms with Crippen LogP contribution in [0, 0.1) is 0 Å². The van der Waals surface area contributed by atoms with E-state index in [1.807, 2.05) is 42.5 Å².